The Bertz CT molecular complexity index is 1250. The van der Waals surface area contributed by atoms with Gasteiger partial charge in [0, 0.05) is 30.7 Å². The van der Waals surface area contributed by atoms with E-state index in [1.807, 2.05) is 24.3 Å². The molecule has 0 N–H and O–H groups in total. The molecule has 3 heterocycles. The van der Waals surface area contributed by atoms with Gasteiger partial charge in [-0.05, 0) is 42.3 Å². The van der Waals surface area contributed by atoms with Crippen LogP contribution in [0.1, 0.15) is 34.1 Å². The second-order valence-corrected chi connectivity index (χ2v) is 9.22. The van der Waals surface area contributed by atoms with Crippen LogP contribution in [-0.2, 0) is 4.74 Å². The van der Waals surface area contributed by atoms with Crippen molar-refractivity contribution in [3.63, 3.8) is 0 Å². The molecule has 7 nitrogen and oxygen atoms in total. The van der Waals surface area contributed by atoms with Gasteiger partial charge in [0.2, 0.25) is 5.76 Å². The number of benzene rings is 2. The predicted octanol–water partition coefficient (Wildman–Crippen LogP) is 3.83. The standard InChI is InChI=1S/C25H25BrN2O5/c1-31-18-5-2-4-16(14-18)22-21-23(29)19-15-17(26)6-7-20(19)33-24(21)25(30)28(22)9-3-8-27-10-12-32-13-11-27/h2,4-7,14-15,22H,3,8-13H2,1H3/t22-/m0/s1. The number of methoxy groups -OCH3 is 1. The van der Waals surface area contributed by atoms with Crippen LogP contribution in [-0.4, -0.2) is 62.2 Å². The number of halogens is 1. The van der Waals surface area contributed by atoms with Gasteiger partial charge in [-0.1, -0.05) is 28.1 Å². The normalized spacial score (nSPS) is 18.7. The van der Waals surface area contributed by atoms with Crippen molar-refractivity contribution >= 4 is 32.8 Å². The Labute approximate surface area is 200 Å². The zero-order chi connectivity index (χ0) is 22.9. The van der Waals surface area contributed by atoms with Crippen LogP contribution in [0.3, 0.4) is 0 Å². The van der Waals surface area contributed by atoms with Crippen LogP contribution >= 0.6 is 15.9 Å². The number of ether oxygens (including phenoxy) is 2. The lowest BCUT2D eigenvalue weighted by molar-refractivity contribution is 0.0353. The third-order valence-corrected chi connectivity index (χ3v) is 6.81. The highest BCUT2D eigenvalue weighted by Crippen LogP contribution is 2.39. The highest BCUT2D eigenvalue weighted by molar-refractivity contribution is 9.10. The average molecular weight is 513 g/mol. The molecule has 2 aliphatic rings. The van der Waals surface area contributed by atoms with E-state index >= 15 is 0 Å². The number of amides is 1. The molecule has 0 aliphatic carbocycles. The van der Waals surface area contributed by atoms with Crippen molar-refractivity contribution in [2.24, 2.45) is 0 Å². The maximum absolute atomic E-state index is 13.6. The van der Waals surface area contributed by atoms with Crippen LogP contribution in [0.2, 0.25) is 0 Å². The molecule has 2 aromatic carbocycles. The summed E-state index contributed by atoms with van der Waals surface area (Å²) in [7, 11) is 1.60. The molecule has 8 heteroatoms. The van der Waals surface area contributed by atoms with Crippen LogP contribution in [0.25, 0.3) is 11.0 Å². The molecule has 0 bridgehead atoms. The Kier molecular flexibility index (Phi) is 6.23. The lowest BCUT2D eigenvalue weighted by Crippen LogP contribution is -2.38. The molecule has 1 atom stereocenters. The number of rotatable bonds is 6. The quantitative estimate of drug-likeness (QED) is 0.499. The van der Waals surface area contributed by atoms with E-state index in [4.69, 9.17) is 13.9 Å². The molecule has 172 valence electrons. The van der Waals surface area contributed by atoms with Crippen molar-refractivity contribution in [2.75, 3.05) is 46.5 Å². The first-order valence-electron chi connectivity index (χ1n) is 11.1. The Morgan fingerprint density at radius 2 is 1.91 bits per heavy atom. The van der Waals surface area contributed by atoms with Gasteiger partial charge in [0.25, 0.3) is 5.91 Å². The maximum atomic E-state index is 13.6. The van der Waals surface area contributed by atoms with E-state index in [-0.39, 0.29) is 17.1 Å². The third-order valence-electron chi connectivity index (χ3n) is 6.31. The minimum absolute atomic E-state index is 0.133. The predicted molar refractivity (Wildman–Crippen MR) is 128 cm³/mol. The lowest BCUT2D eigenvalue weighted by atomic mass is 9.98. The highest BCUT2D eigenvalue weighted by Gasteiger charge is 2.42. The Hall–Kier alpha value is -2.68. The fourth-order valence-electron chi connectivity index (χ4n) is 4.67. The summed E-state index contributed by atoms with van der Waals surface area (Å²) in [5, 5.41) is 0.457. The molecule has 2 aliphatic heterocycles. The molecular formula is C25H25BrN2O5. The number of hydrogen-bond donors (Lipinski definition) is 0. The highest BCUT2D eigenvalue weighted by atomic mass is 79.9. The van der Waals surface area contributed by atoms with E-state index in [9.17, 15) is 9.59 Å². The Balaban J connectivity index is 1.55. The van der Waals surface area contributed by atoms with Crippen molar-refractivity contribution < 1.29 is 18.7 Å². The topological polar surface area (TPSA) is 72.2 Å². The molecule has 1 aromatic heterocycles. The van der Waals surface area contributed by atoms with Crippen LogP contribution in [0.5, 0.6) is 5.75 Å². The van der Waals surface area contributed by atoms with Gasteiger partial charge in [0.15, 0.2) is 5.43 Å². The van der Waals surface area contributed by atoms with Crippen molar-refractivity contribution in [2.45, 2.75) is 12.5 Å². The average Bonchev–Trinajstić information content (AvgIpc) is 3.12. The van der Waals surface area contributed by atoms with Crippen LogP contribution in [0.4, 0.5) is 0 Å². The van der Waals surface area contributed by atoms with E-state index in [1.165, 1.54) is 0 Å². The molecule has 5 rings (SSSR count). The summed E-state index contributed by atoms with van der Waals surface area (Å²) in [5.41, 5.74) is 1.46. The molecule has 1 fully saturated rings. The fraction of sp³-hybridized carbons (Fsp3) is 0.360. The zero-order valence-corrected chi connectivity index (χ0v) is 20.0. The van der Waals surface area contributed by atoms with Crippen molar-refractivity contribution in [1.82, 2.24) is 9.80 Å². The largest absolute Gasteiger partial charge is 0.497 e. The molecule has 3 aromatic rings. The fourth-order valence-corrected chi connectivity index (χ4v) is 5.03. The number of morpholine rings is 1. The van der Waals surface area contributed by atoms with E-state index < -0.39 is 6.04 Å². The van der Waals surface area contributed by atoms with Gasteiger partial charge in [-0.15, -0.1) is 0 Å². The van der Waals surface area contributed by atoms with E-state index in [0.717, 1.165) is 49.3 Å². The molecular weight excluding hydrogens is 488 g/mol. The molecule has 0 radical (unpaired) electrons. The van der Waals surface area contributed by atoms with E-state index in [2.05, 4.69) is 20.8 Å². The molecule has 0 saturated carbocycles. The summed E-state index contributed by atoms with van der Waals surface area (Å²) >= 11 is 3.43. The van der Waals surface area contributed by atoms with Gasteiger partial charge in [-0.3, -0.25) is 14.5 Å². The summed E-state index contributed by atoms with van der Waals surface area (Å²) in [6.45, 7) is 4.65. The maximum Gasteiger partial charge on any atom is 0.290 e. The number of nitrogens with zero attached hydrogens (tertiary/aromatic N) is 2. The second-order valence-electron chi connectivity index (χ2n) is 8.30. The first-order valence-corrected chi connectivity index (χ1v) is 11.9. The van der Waals surface area contributed by atoms with Crippen molar-refractivity contribution in [3.8, 4) is 5.75 Å². The number of carbonyl (C=O) groups is 1. The third kappa shape index (κ3) is 4.18. The smallest absolute Gasteiger partial charge is 0.290 e. The second kappa shape index (κ2) is 9.29. The first-order chi connectivity index (χ1) is 16.1. The Morgan fingerprint density at radius 1 is 1.09 bits per heavy atom. The SMILES string of the molecule is COc1cccc([C@H]2c3c(oc4ccc(Br)cc4c3=O)C(=O)N2CCCN2CCOCC2)c1. The molecule has 1 amide bonds. The summed E-state index contributed by atoms with van der Waals surface area (Å²) in [6.07, 6.45) is 0.791. The van der Waals surface area contributed by atoms with Gasteiger partial charge < -0.3 is 18.8 Å². The van der Waals surface area contributed by atoms with Crippen LogP contribution in [0.15, 0.2) is 56.1 Å². The first kappa shape index (κ1) is 22.1. The molecule has 33 heavy (non-hydrogen) atoms. The summed E-state index contributed by atoms with van der Waals surface area (Å²) in [4.78, 5) is 31.2. The van der Waals surface area contributed by atoms with Crippen LogP contribution < -0.4 is 10.2 Å². The number of hydrogen-bond acceptors (Lipinski definition) is 6. The molecule has 1 saturated heterocycles. The number of fused-ring (bicyclic) bond motifs is 2. The zero-order valence-electron chi connectivity index (χ0n) is 18.4. The van der Waals surface area contributed by atoms with Crippen molar-refractivity contribution in [3.05, 3.63) is 74.0 Å². The van der Waals surface area contributed by atoms with Gasteiger partial charge in [-0.2, -0.15) is 0 Å². The van der Waals surface area contributed by atoms with Gasteiger partial charge in [0.1, 0.15) is 11.3 Å². The Morgan fingerprint density at radius 3 is 2.70 bits per heavy atom. The minimum Gasteiger partial charge on any atom is -0.497 e. The van der Waals surface area contributed by atoms with Crippen molar-refractivity contribution in [1.29, 1.82) is 0 Å². The van der Waals surface area contributed by atoms with E-state index in [1.54, 1.807) is 30.2 Å². The van der Waals surface area contributed by atoms with Gasteiger partial charge in [0.05, 0.1) is 37.3 Å². The summed E-state index contributed by atoms with van der Waals surface area (Å²) in [5.74, 6) is 0.560. The van der Waals surface area contributed by atoms with Crippen LogP contribution in [0, 0.1) is 0 Å². The monoisotopic (exact) mass is 512 g/mol. The lowest BCUT2D eigenvalue weighted by Gasteiger charge is -2.29. The molecule has 0 unspecified atom stereocenters. The number of carbonyl (C=O) groups excluding carboxylic acids is 1. The van der Waals surface area contributed by atoms with E-state index in [0.29, 0.717) is 28.8 Å². The summed E-state index contributed by atoms with van der Waals surface area (Å²) < 4.78 is 17.6. The molecule has 0 spiro atoms. The minimum atomic E-state index is -0.521. The summed E-state index contributed by atoms with van der Waals surface area (Å²) in [6, 6.07) is 12.3. The van der Waals surface area contributed by atoms with Gasteiger partial charge >= 0.3 is 0 Å². The van der Waals surface area contributed by atoms with Gasteiger partial charge in [-0.25, -0.2) is 0 Å².